The molecule has 0 fully saturated rings. The van der Waals surface area contributed by atoms with Gasteiger partial charge in [-0.3, -0.25) is 10.0 Å². The van der Waals surface area contributed by atoms with Crippen LogP contribution in [0.1, 0.15) is 12.4 Å². The number of sulfonamides is 2. The summed E-state index contributed by atoms with van der Waals surface area (Å²) in [5.41, 5.74) is -1.27. The number of hydrogen-bond donors (Lipinski definition) is 3. The summed E-state index contributed by atoms with van der Waals surface area (Å²) < 4.78 is 98.2. The highest BCUT2D eigenvalue weighted by Crippen LogP contribution is 2.31. The molecule has 4 rings (SSSR count). The van der Waals surface area contributed by atoms with Gasteiger partial charge in [0.2, 0.25) is 16.0 Å². The van der Waals surface area contributed by atoms with E-state index in [4.69, 9.17) is 42.1 Å². The van der Waals surface area contributed by atoms with Crippen LogP contribution >= 0.6 is 23.2 Å². The maximum atomic E-state index is 12.8. The molecule has 3 N–H and O–H groups in total. The minimum atomic E-state index is -4.24. The molecule has 2 aromatic carbocycles. The minimum Gasteiger partial charge on any atom is -0.490 e. The van der Waals surface area contributed by atoms with Crippen LogP contribution in [0, 0.1) is 6.92 Å². The van der Waals surface area contributed by atoms with E-state index in [1.165, 1.54) is 52.5 Å². The Bertz CT molecular complexity index is 2130. The second-order valence-electron chi connectivity index (χ2n) is 9.53. The molecule has 2 aromatic heterocycles. The number of aryl methyl sites for hydroxylation is 1. The smallest absolute Gasteiger partial charge is 0.355 e. The van der Waals surface area contributed by atoms with E-state index in [9.17, 15) is 35.2 Å². The summed E-state index contributed by atoms with van der Waals surface area (Å²) in [5.74, 6) is -0.419. The van der Waals surface area contributed by atoms with Crippen LogP contribution in [0.3, 0.4) is 0 Å². The molecule has 25 heteroatoms. The Kier molecular flexibility index (Phi) is 13.8. The number of aromatic nitrogens is 6. The lowest BCUT2D eigenvalue weighted by atomic mass is 10.3. The zero-order chi connectivity index (χ0) is 38.1. The molecular formula is C26H29Cl2F2N9O10S2. The zero-order valence-corrected chi connectivity index (χ0v) is 30.2. The number of carbonyl (C=O) groups excluding carboxylic acids is 1. The van der Waals surface area contributed by atoms with Crippen molar-refractivity contribution < 1.29 is 49.4 Å². The molecule has 0 saturated heterocycles. The van der Waals surface area contributed by atoms with Crippen molar-refractivity contribution in [3.63, 3.8) is 0 Å². The molecule has 0 saturated carbocycles. The summed E-state index contributed by atoms with van der Waals surface area (Å²) in [6, 6.07) is 6.83. The summed E-state index contributed by atoms with van der Waals surface area (Å²) in [4.78, 5) is 35.3. The number of anilines is 2. The third-order valence-electron chi connectivity index (χ3n) is 5.83. The van der Waals surface area contributed by atoms with Crippen LogP contribution in [-0.4, -0.2) is 93.0 Å². The fourth-order valence-electron chi connectivity index (χ4n) is 3.74. The van der Waals surface area contributed by atoms with E-state index in [0.717, 1.165) is 12.3 Å². The fourth-order valence-corrected chi connectivity index (χ4v) is 5.93. The van der Waals surface area contributed by atoms with E-state index in [2.05, 4.69) is 30.1 Å². The van der Waals surface area contributed by atoms with Crippen molar-refractivity contribution in [1.82, 2.24) is 34.0 Å². The van der Waals surface area contributed by atoms with Crippen LogP contribution in [0.15, 0.2) is 46.1 Å². The molecular weight excluding hydrogens is 771 g/mol. The largest absolute Gasteiger partial charge is 0.490 e. The van der Waals surface area contributed by atoms with Crippen LogP contribution in [0.2, 0.25) is 10.0 Å². The molecule has 19 nitrogen and oxygen atoms in total. The lowest BCUT2D eigenvalue weighted by Gasteiger charge is -2.12. The second kappa shape index (κ2) is 17.4. The first-order valence-electron chi connectivity index (χ1n) is 13.7. The lowest BCUT2D eigenvalue weighted by Crippen LogP contribution is -2.35. The number of alkyl halides is 2. The average molecular weight is 801 g/mol. The van der Waals surface area contributed by atoms with Crippen LogP contribution < -0.4 is 34.7 Å². The number of rotatable bonds is 13. The van der Waals surface area contributed by atoms with Gasteiger partial charge in [0.25, 0.3) is 10.0 Å². The van der Waals surface area contributed by atoms with Gasteiger partial charge in [-0.25, -0.2) is 35.7 Å². The number of carbonyl (C=O) groups is 1. The van der Waals surface area contributed by atoms with E-state index >= 15 is 0 Å². The quantitative estimate of drug-likeness (QED) is 0.165. The zero-order valence-electron chi connectivity index (χ0n) is 27.0. The first-order valence-corrected chi connectivity index (χ1v) is 17.9. The topological polar surface area (TPSA) is 237 Å². The number of para-hydroxylation sites is 1. The highest BCUT2D eigenvalue weighted by Gasteiger charge is 2.24. The van der Waals surface area contributed by atoms with E-state index in [0.29, 0.717) is 4.68 Å². The lowest BCUT2D eigenvalue weighted by molar-refractivity contribution is 0.0640. The molecule has 0 unspecified atom stereocenters. The van der Waals surface area contributed by atoms with Crippen LogP contribution in [-0.2, 0) is 24.8 Å². The summed E-state index contributed by atoms with van der Waals surface area (Å²) in [7, 11) is -3.78. The molecule has 0 atom stereocenters. The normalized spacial score (nSPS) is 11.3. The number of urea groups is 1. The SMILES string of the molecule is COCCOc1ccccc1S(=O)(=O)NC(=O)Nc1nc(OC)nc(OC)n1.Cc1nn(-c2cc(NS(C)(=O)=O)c(Cl)cc2Cl)c(=O)n1C(F)F. The minimum absolute atomic E-state index is 0.0257. The number of hydrogen-bond acceptors (Lipinski definition) is 14. The molecule has 2 heterocycles. The Balaban J connectivity index is 0.000000281. The number of ether oxygens (including phenoxy) is 4. The first-order chi connectivity index (χ1) is 23.9. The molecule has 4 aromatic rings. The summed E-state index contributed by atoms with van der Waals surface area (Å²) in [6.07, 6.45) is 0.902. The van der Waals surface area contributed by atoms with Crippen molar-refractivity contribution in [3.05, 3.63) is 62.8 Å². The molecule has 0 radical (unpaired) electrons. The van der Waals surface area contributed by atoms with Crippen molar-refractivity contribution in [2.24, 2.45) is 0 Å². The fraction of sp³-hybridized carbons (Fsp3) is 0.308. The Hall–Kier alpha value is -4.84. The number of nitrogens with one attached hydrogen (secondary N) is 3. The third kappa shape index (κ3) is 11.1. The number of benzene rings is 2. The van der Waals surface area contributed by atoms with Gasteiger partial charge in [-0.2, -0.15) is 23.4 Å². The first kappa shape index (κ1) is 40.6. The van der Waals surface area contributed by atoms with Gasteiger partial charge in [0.15, 0.2) is 0 Å². The van der Waals surface area contributed by atoms with Crippen molar-refractivity contribution >= 4 is 60.9 Å². The van der Waals surface area contributed by atoms with Crippen molar-refractivity contribution in [3.8, 4) is 23.5 Å². The Morgan fingerprint density at radius 1 is 0.961 bits per heavy atom. The molecule has 0 bridgehead atoms. The van der Waals surface area contributed by atoms with E-state index in [-0.39, 0.29) is 73.6 Å². The van der Waals surface area contributed by atoms with Crippen LogP contribution in [0.25, 0.3) is 5.69 Å². The van der Waals surface area contributed by atoms with Crippen molar-refractivity contribution in [2.75, 3.05) is 50.8 Å². The van der Waals surface area contributed by atoms with Gasteiger partial charge in [0.05, 0.1) is 48.5 Å². The second-order valence-corrected chi connectivity index (χ2v) is 13.7. The molecule has 278 valence electrons. The molecule has 0 aliphatic rings. The number of nitrogens with zero attached hydrogens (tertiary/aromatic N) is 6. The Labute approximate surface area is 298 Å². The maximum Gasteiger partial charge on any atom is 0.355 e. The van der Waals surface area contributed by atoms with Gasteiger partial charge < -0.3 is 18.9 Å². The predicted molar refractivity (Wildman–Crippen MR) is 178 cm³/mol. The van der Waals surface area contributed by atoms with Gasteiger partial charge in [-0.15, -0.1) is 10.1 Å². The predicted octanol–water partition coefficient (Wildman–Crippen LogP) is 2.84. The maximum absolute atomic E-state index is 12.8. The van der Waals surface area contributed by atoms with Gasteiger partial charge in [-0.05, 0) is 31.2 Å². The summed E-state index contributed by atoms with van der Waals surface area (Å²) >= 11 is 11.8. The monoisotopic (exact) mass is 799 g/mol. The van der Waals surface area contributed by atoms with E-state index in [1.54, 1.807) is 6.07 Å². The Morgan fingerprint density at radius 3 is 2.14 bits per heavy atom. The molecule has 0 spiro atoms. The van der Waals surface area contributed by atoms with Crippen molar-refractivity contribution in [2.45, 2.75) is 18.4 Å². The van der Waals surface area contributed by atoms with Crippen molar-refractivity contribution in [1.29, 1.82) is 0 Å². The summed E-state index contributed by atoms with van der Waals surface area (Å²) in [6.45, 7) is -1.44. The van der Waals surface area contributed by atoms with E-state index in [1.807, 2.05) is 4.72 Å². The average Bonchev–Trinajstić information content (AvgIpc) is 3.34. The summed E-state index contributed by atoms with van der Waals surface area (Å²) in [5, 5.41) is 5.80. The van der Waals surface area contributed by atoms with Gasteiger partial charge >= 0.3 is 30.3 Å². The van der Waals surface area contributed by atoms with E-state index < -0.39 is 38.3 Å². The van der Waals surface area contributed by atoms with Crippen LogP contribution in [0.4, 0.5) is 25.2 Å². The van der Waals surface area contributed by atoms with Gasteiger partial charge in [-0.1, -0.05) is 35.3 Å². The number of methoxy groups -OCH3 is 3. The molecule has 51 heavy (non-hydrogen) atoms. The molecule has 0 aliphatic carbocycles. The molecule has 0 aliphatic heterocycles. The number of halogens is 4. The number of amides is 2. The van der Waals surface area contributed by atoms with Gasteiger partial charge in [0, 0.05) is 7.11 Å². The van der Waals surface area contributed by atoms with Crippen LogP contribution in [0.5, 0.6) is 17.8 Å². The highest BCUT2D eigenvalue weighted by molar-refractivity contribution is 7.92. The van der Waals surface area contributed by atoms with Gasteiger partial charge in [0.1, 0.15) is 23.1 Å². The Morgan fingerprint density at radius 2 is 1.59 bits per heavy atom. The highest BCUT2D eigenvalue weighted by atomic mass is 35.5. The third-order valence-corrected chi connectivity index (χ3v) is 8.41. The standard InChI is InChI=1S/C15H19N5O7S.C11H10Cl2F2N4O3S/c1-24-8-9-27-10-6-4-5-7-11(10)28(22,23)20-13(21)16-12-17-14(25-2)19-15(18-12)26-3;1-5-16-19(11(20)18(5)10(14)15)9-4-8(17-23(2,21)22)6(12)3-7(9)13/h4-7H,8-9H2,1-3H3,(H2,16,17,18,19,20,21);3-4,10,17H,1-2H3. The molecule has 2 amide bonds.